The third kappa shape index (κ3) is 12.4. The molecule has 0 aromatic heterocycles. The predicted molar refractivity (Wildman–Crippen MR) is 96.8 cm³/mol. The van der Waals surface area contributed by atoms with Gasteiger partial charge in [-0.25, -0.2) is 4.67 Å². The highest BCUT2D eigenvalue weighted by Gasteiger charge is 2.27. The van der Waals surface area contributed by atoms with E-state index in [1.165, 1.54) is 7.11 Å². The molecule has 0 spiro atoms. The number of hydrogen-bond acceptors (Lipinski definition) is 5. The molecule has 5 nitrogen and oxygen atoms in total. The van der Waals surface area contributed by atoms with Gasteiger partial charge >= 0.3 is 0 Å². The molecule has 0 radical (unpaired) electrons. The standard InChI is InChI=1S/C16H28NO3P.CH4O/c1-8-10-12-19-21(17(14(3)4)15(5)6)20-13-16(7)18-11-9-2;1-2/h1-2,14-16H,10-13H2,3-7H3;2H,1H3/t16-,21?;/m1./s1/i7D;2T. The minimum atomic E-state index is -1.25. The summed E-state index contributed by atoms with van der Waals surface area (Å²) in [7, 11) is 0.0466. The van der Waals surface area contributed by atoms with Crippen LogP contribution in [0.15, 0.2) is 0 Å². The van der Waals surface area contributed by atoms with Crippen molar-refractivity contribution in [1.82, 2.24) is 4.67 Å². The topological polar surface area (TPSA) is 51.2 Å². The van der Waals surface area contributed by atoms with E-state index in [2.05, 4.69) is 49.3 Å². The summed E-state index contributed by atoms with van der Waals surface area (Å²) in [6, 6.07) is 0.552. The van der Waals surface area contributed by atoms with Crippen LogP contribution in [0, 0.1) is 24.7 Å². The van der Waals surface area contributed by atoms with Gasteiger partial charge in [0.1, 0.15) is 6.61 Å². The minimum Gasteiger partial charge on any atom is -0.400 e. The zero-order valence-electron chi connectivity index (χ0n) is 16.9. The molecule has 1 unspecified atom stereocenters. The van der Waals surface area contributed by atoms with Gasteiger partial charge in [-0.15, -0.1) is 18.8 Å². The second-order valence-corrected chi connectivity index (χ2v) is 6.48. The van der Waals surface area contributed by atoms with E-state index in [0.717, 1.165) is 0 Å². The molecule has 0 aliphatic rings. The zero-order valence-corrected chi connectivity index (χ0v) is 15.8. The van der Waals surface area contributed by atoms with Crippen molar-refractivity contribution >= 4 is 8.53 Å². The molecule has 1 N–H and O–H groups in total. The SMILES string of the molecule is [2H]C[C@H](COP(OCCC#C)N(C(C)C)C(C)C)OCC#C.[3H]OC. The van der Waals surface area contributed by atoms with Gasteiger partial charge < -0.3 is 18.9 Å². The van der Waals surface area contributed by atoms with Crippen LogP contribution >= 0.6 is 8.53 Å². The van der Waals surface area contributed by atoms with Crippen LogP contribution in [0.2, 0.25) is 0 Å². The molecule has 0 aliphatic heterocycles. The number of aliphatic hydroxyl groups is 1. The highest BCUT2D eigenvalue weighted by Crippen LogP contribution is 2.46. The fraction of sp³-hybridized carbons (Fsp3) is 0.765. The number of hydrogen-bond donors (Lipinski definition) is 1. The summed E-state index contributed by atoms with van der Waals surface area (Å²) in [6.07, 6.45) is 10.6. The van der Waals surface area contributed by atoms with Gasteiger partial charge in [0.15, 0.2) is 0 Å². The average Bonchev–Trinajstić information content (AvgIpc) is 2.54. The third-order valence-electron chi connectivity index (χ3n) is 2.47. The van der Waals surface area contributed by atoms with E-state index < -0.39 is 8.53 Å². The lowest BCUT2D eigenvalue weighted by Gasteiger charge is -2.36. The van der Waals surface area contributed by atoms with Crippen LogP contribution in [-0.2, 0) is 13.8 Å². The summed E-state index contributed by atoms with van der Waals surface area (Å²) >= 11 is 0. The highest BCUT2D eigenvalue weighted by atomic mass is 31.2. The van der Waals surface area contributed by atoms with Crippen LogP contribution in [-0.4, -0.2) is 56.3 Å². The quantitative estimate of drug-likeness (QED) is 0.353. The van der Waals surface area contributed by atoms with Gasteiger partial charge in [-0.05, 0) is 34.6 Å². The monoisotopic (exact) mass is 348 g/mol. The molecule has 0 saturated heterocycles. The molecule has 0 aromatic rings. The normalized spacial score (nSPS) is 14.3. The summed E-state index contributed by atoms with van der Waals surface area (Å²) in [4.78, 5) is 0. The molecule has 0 aliphatic carbocycles. The van der Waals surface area contributed by atoms with Crippen molar-refractivity contribution in [2.24, 2.45) is 0 Å². The van der Waals surface area contributed by atoms with Crippen LogP contribution in [0.3, 0.4) is 0 Å². The van der Waals surface area contributed by atoms with Crippen molar-refractivity contribution in [2.75, 3.05) is 26.9 Å². The van der Waals surface area contributed by atoms with E-state index in [0.29, 0.717) is 13.0 Å². The molecule has 2 atom stereocenters. The van der Waals surface area contributed by atoms with Gasteiger partial charge in [-0.3, -0.25) is 0 Å². The number of terminal acetylenes is 2. The summed E-state index contributed by atoms with van der Waals surface area (Å²) < 4.78 is 32.5. The second kappa shape index (κ2) is 16.2. The maximum Gasteiger partial charge on any atom is 0.259 e. The van der Waals surface area contributed by atoms with Crippen molar-refractivity contribution in [1.29, 1.82) is 1.43 Å². The van der Waals surface area contributed by atoms with Crippen LogP contribution in [0.4, 0.5) is 0 Å². The van der Waals surface area contributed by atoms with Crippen molar-refractivity contribution in [3.63, 3.8) is 0 Å². The molecular weight excluding hydrogens is 313 g/mol. The lowest BCUT2D eigenvalue weighted by molar-refractivity contribution is 0.0441. The Balaban J connectivity index is 0. The molecule has 0 rings (SSSR count). The molecule has 0 fully saturated rings. The van der Waals surface area contributed by atoms with E-state index in [4.69, 9.17) is 29.4 Å². The largest absolute Gasteiger partial charge is 0.400 e. The number of nitrogens with zero attached hydrogens (tertiary/aromatic N) is 1. The van der Waals surface area contributed by atoms with Gasteiger partial charge in [0.2, 0.25) is 1.43 Å². The van der Waals surface area contributed by atoms with Crippen molar-refractivity contribution in [2.45, 2.75) is 59.2 Å². The molecule has 0 amide bonds. The summed E-state index contributed by atoms with van der Waals surface area (Å²) in [5.41, 5.74) is 0. The summed E-state index contributed by atoms with van der Waals surface area (Å²) in [5, 5.41) is 3.50. The number of ether oxygens (including phenoxy) is 1. The van der Waals surface area contributed by atoms with Crippen LogP contribution in [0.1, 0.15) is 42.4 Å². The maximum atomic E-state index is 7.48. The molecule has 0 heterocycles. The van der Waals surface area contributed by atoms with E-state index in [9.17, 15) is 0 Å². The average molecular weight is 348 g/mol. The van der Waals surface area contributed by atoms with E-state index in [-0.39, 0.29) is 38.3 Å². The molecular formula is C17H32NO4P. The van der Waals surface area contributed by atoms with E-state index >= 15 is 0 Å². The van der Waals surface area contributed by atoms with Gasteiger partial charge in [0.25, 0.3) is 8.53 Å². The van der Waals surface area contributed by atoms with Gasteiger partial charge in [-0.1, -0.05) is 5.92 Å². The third-order valence-corrected chi connectivity index (χ3v) is 4.54. The first kappa shape index (κ1) is 20.4. The molecule has 0 aromatic carbocycles. The molecule has 6 heteroatoms. The maximum absolute atomic E-state index is 7.48. The van der Waals surface area contributed by atoms with Crippen molar-refractivity contribution < 1.29 is 20.3 Å². The van der Waals surface area contributed by atoms with Gasteiger partial charge in [-0.2, -0.15) is 0 Å². The zero-order chi connectivity index (χ0) is 19.7. The smallest absolute Gasteiger partial charge is 0.259 e. The number of aliphatic hydroxyl groups excluding tert-OH is 1. The van der Waals surface area contributed by atoms with E-state index in [1.54, 1.807) is 0 Å². The van der Waals surface area contributed by atoms with Gasteiger partial charge in [0, 0.05) is 27.0 Å². The first-order valence-electron chi connectivity index (χ1n) is 8.62. The Morgan fingerprint density at radius 1 is 1.26 bits per heavy atom. The summed E-state index contributed by atoms with van der Waals surface area (Å²) in [6.45, 7) is 9.40. The highest BCUT2D eigenvalue weighted by molar-refractivity contribution is 7.44. The Bertz CT molecular complexity index is 378. The van der Waals surface area contributed by atoms with Crippen LogP contribution in [0.5, 0.6) is 0 Å². The van der Waals surface area contributed by atoms with Gasteiger partial charge in [0.05, 0.1) is 19.3 Å². The minimum absolute atomic E-state index is 0.0958. The lowest BCUT2D eigenvalue weighted by Crippen LogP contribution is -2.34. The number of rotatable bonds is 11. The second-order valence-electron chi connectivity index (χ2n) is 5.03. The lowest BCUT2D eigenvalue weighted by atomic mass is 10.3. The van der Waals surface area contributed by atoms with Crippen LogP contribution in [0.25, 0.3) is 0 Å². The first-order valence-corrected chi connectivity index (χ1v) is 8.63. The molecule has 0 saturated carbocycles. The Kier molecular flexibility index (Phi) is 14.4. The fourth-order valence-electron chi connectivity index (χ4n) is 1.69. The molecule has 23 heavy (non-hydrogen) atoms. The first-order chi connectivity index (χ1) is 11.9. The van der Waals surface area contributed by atoms with Crippen molar-refractivity contribution in [3.8, 4) is 24.7 Å². The molecule has 134 valence electrons. The Morgan fingerprint density at radius 3 is 2.30 bits per heavy atom. The van der Waals surface area contributed by atoms with Crippen molar-refractivity contribution in [3.05, 3.63) is 0 Å². The predicted octanol–water partition coefficient (Wildman–Crippen LogP) is 3.04. The molecule has 0 bridgehead atoms. The Labute approximate surface area is 146 Å². The Hall–Kier alpha value is -0.650. The van der Waals surface area contributed by atoms with E-state index in [1.807, 2.05) is 0 Å². The fourth-order valence-corrected chi connectivity index (χ4v) is 3.32. The summed E-state index contributed by atoms with van der Waals surface area (Å²) in [5.74, 6) is 4.96. The Morgan fingerprint density at radius 2 is 1.87 bits per heavy atom. The van der Waals surface area contributed by atoms with Crippen LogP contribution < -0.4 is 0 Å².